The minimum absolute atomic E-state index is 0.0128. The predicted octanol–water partition coefficient (Wildman–Crippen LogP) is 1.34. The van der Waals surface area contributed by atoms with Gasteiger partial charge in [0.2, 0.25) is 5.91 Å². The lowest BCUT2D eigenvalue weighted by molar-refractivity contribution is -0.129. The van der Waals surface area contributed by atoms with Crippen LogP contribution in [0.3, 0.4) is 0 Å². The molecule has 4 nitrogen and oxygen atoms in total. The Labute approximate surface area is 109 Å². The van der Waals surface area contributed by atoms with E-state index >= 15 is 0 Å². The van der Waals surface area contributed by atoms with Gasteiger partial charge in [0.25, 0.3) is 0 Å². The summed E-state index contributed by atoms with van der Waals surface area (Å²) < 4.78 is 5.30. The zero-order valence-electron chi connectivity index (χ0n) is 11.3. The number of nitrogens with one attached hydrogen (secondary N) is 1. The van der Waals surface area contributed by atoms with E-state index in [-0.39, 0.29) is 5.91 Å². The molecule has 18 heavy (non-hydrogen) atoms. The first-order chi connectivity index (χ1) is 8.51. The second-order valence-electron chi connectivity index (χ2n) is 4.92. The first-order valence-corrected chi connectivity index (χ1v) is 6.11. The van der Waals surface area contributed by atoms with Gasteiger partial charge in [-0.15, -0.1) is 0 Å². The predicted molar refractivity (Wildman–Crippen MR) is 72.5 cm³/mol. The fraction of sp³-hybridized carbons (Fsp3) is 0.500. The van der Waals surface area contributed by atoms with E-state index < -0.39 is 5.41 Å². The molecule has 0 atom stereocenters. The van der Waals surface area contributed by atoms with Crippen LogP contribution in [-0.4, -0.2) is 26.1 Å². The van der Waals surface area contributed by atoms with Crippen molar-refractivity contribution in [2.75, 3.05) is 20.2 Å². The lowest BCUT2D eigenvalue weighted by Crippen LogP contribution is -2.40. The van der Waals surface area contributed by atoms with Gasteiger partial charge in [-0.3, -0.25) is 4.79 Å². The second-order valence-corrected chi connectivity index (χ2v) is 4.92. The van der Waals surface area contributed by atoms with Crippen molar-refractivity contribution in [3.63, 3.8) is 0 Å². The normalized spacial score (nSPS) is 11.1. The van der Waals surface area contributed by atoms with Crippen LogP contribution in [0.5, 0.6) is 5.75 Å². The molecular weight excluding hydrogens is 228 g/mol. The Balaban J connectivity index is 2.78. The van der Waals surface area contributed by atoms with Gasteiger partial charge in [0.15, 0.2) is 0 Å². The highest BCUT2D eigenvalue weighted by Crippen LogP contribution is 2.27. The van der Waals surface area contributed by atoms with E-state index in [9.17, 15) is 4.79 Å². The van der Waals surface area contributed by atoms with Crippen LogP contribution in [0.25, 0.3) is 0 Å². The van der Waals surface area contributed by atoms with Gasteiger partial charge < -0.3 is 15.8 Å². The van der Waals surface area contributed by atoms with Gasteiger partial charge in [-0.1, -0.05) is 32.0 Å². The van der Waals surface area contributed by atoms with Gasteiger partial charge >= 0.3 is 0 Å². The molecule has 0 aromatic heterocycles. The van der Waals surface area contributed by atoms with Crippen molar-refractivity contribution < 1.29 is 9.53 Å². The summed E-state index contributed by atoms with van der Waals surface area (Å²) in [6, 6.07) is 7.76. The number of hydrogen-bond donors (Lipinski definition) is 2. The number of carbonyl (C=O) groups excluding carboxylic acids is 1. The zero-order chi connectivity index (χ0) is 13.6. The van der Waals surface area contributed by atoms with Crippen molar-refractivity contribution in [3.05, 3.63) is 29.8 Å². The number of methoxy groups -OCH3 is 1. The maximum absolute atomic E-state index is 12.0. The molecule has 0 heterocycles. The average molecular weight is 250 g/mol. The minimum Gasteiger partial charge on any atom is -0.496 e. The van der Waals surface area contributed by atoms with Gasteiger partial charge in [0.1, 0.15) is 5.75 Å². The molecule has 0 aliphatic heterocycles. The Morgan fingerprint density at radius 3 is 2.67 bits per heavy atom. The highest BCUT2D eigenvalue weighted by Gasteiger charge is 2.28. The molecule has 3 N–H and O–H groups in total. The van der Waals surface area contributed by atoms with E-state index in [2.05, 4.69) is 5.32 Å². The lowest BCUT2D eigenvalue weighted by atomic mass is 9.84. The Morgan fingerprint density at radius 1 is 1.39 bits per heavy atom. The molecule has 0 bridgehead atoms. The Hall–Kier alpha value is -1.55. The third-order valence-electron chi connectivity index (χ3n) is 2.87. The van der Waals surface area contributed by atoms with Crippen LogP contribution in [0.1, 0.15) is 19.4 Å². The van der Waals surface area contributed by atoms with Crippen molar-refractivity contribution in [2.45, 2.75) is 20.3 Å². The summed E-state index contributed by atoms with van der Waals surface area (Å²) in [6.07, 6.45) is 0.632. The van der Waals surface area contributed by atoms with Crippen molar-refractivity contribution in [1.82, 2.24) is 5.32 Å². The second kappa shape index (κ2) is 6.40. The van der Waals surface area contributed by atoms with Crippen LogP contribution >= 0.6 is 0 Å². The molecule has 0 fully saturated rings. The molecule has 0 spiro atoms. The Bertz CT molecular complexity index is 403. The molecule has 1 aromatic carbocycles. The topological polar surface area (TPSA) is 64.3 Å². The highest BCUT2D eigenvalue weighted by atomic mass is 16.5. The van der Waals surface area contributed by atoms with Gasteiger partial charge in [-0.25, -0.2) is 0 Å². The molecule has 1 rings (SSSR count). The quantitative estimate of drug-likeness (QED) is 0.800. The summed E-state index contributed by atoms with van der Waals surface area (Å²) in [7, 11) is 1.64. The lowest BCUT2D eigenvalue weighted by Gasteiger charge is -2.24. The van der Waals surface area contributed by atoms with Crippen molar-refractivity contribution in [3.8, 4) is 5.75 Å². The molecule has 0 saturated carbocycles. The van der Waals surface area contributed by atoms with Crippen molar-refractivity contribution in [2.24, 2.45) is 11.1 Å². The monoisotopic (exact) mass is 250 g/mol. The zero-order valence-corrected chi connectivity index (χ0v) is 11.3. The third-order valence-corrected chi connectivity index (χ3v) is 2.87. The van der Waals surface area contributed by atoms with Crippen molar-refractivity contribution >= 4 is 5.91 Å². The highest BCUT2D eigenvalue weighted by molar-refractivity contribution is 5.82. The molecular formula is C14H22N2O2. The van der Waals surface area contributed by atoms with E-state index in [0.29, 0.717) is 19.5 Å². The fourth-order valence-electron chi connectivity index (χ4n) is 1.83. The first-order valence-electron chi connectivity index (χ1n) is 6.11. The summed E-state index contributed by atoms with van der Waals surface area (Å²) >= 11 is 0. The van der Waals surface area contributed by atoms with E-state index in [1.54, 1.807) is 7.11 Å². The maximum Gasteiger partial charge on any atom is 0.226 e. The van der Waals surface area contributed by atoms with E-state index in [1.165, 1.54) is 0 Å². The Morgan fingerprint density at radius 2 is 2.06 bits per heavy atom. The van der Waals surface area contributed by atoms with E-state index in [4.69, 9.17) is 10.5 Å². The smallest absolute Gasteiger partial charge is 0.226 e. The summed E-state index contributed by atoms with van der Waals surface area (Å²) in [5.74, 6) is 0.830. The van der Waals surface area contributed by atoms with Gasteiger partial charge in [-0.2, -0.15) is 0 Å². The van der Waals surface area contributed by atoms with Gasteiger partial charge in [0.05, 0.1) is 7.11 Å². The van der Waals surface area contributed by atoms with Gasteiger partial charge in [0, 0.05) is 18.5 Å². The minimum atomic E-state index is -0.482. The summed E-state index contributed by atoms with van der Waals surface area (Å²) in [6.45, 7) is 4.81. The number of ether oxygens (including phenoxy) is 1. The molecule has 0 radical (unpaired) electrons. The maximum atomic E-state index is 12.0. The molecule has 0 saturated heterocycles. The van der Waals surface area contributed by atoms with Crippen LogP contribution < -0.4 is 15.8 Å². The standard InChI is InChI=1S/C14H22N2O2/c1-14(2,13(17)16-9-8-15)10-11-6-4-5-7-12(11)18-3/h4-7H,8-10,15H2,1-3H3,(H,16,17). The molecule has 0 aliphatic rings. The van der Waals surface area contributed by atoms with E-state index in [0.717, 1.165) is 11.3 Å². The number of nitrogens with two attached hydrogens (primary N) is 1. The number of hydrogen-bond acceptors (Lipinski definition) is 3. The molecule has 4 heteroatoms. The molecule has 1 amide bonds. The van der Waals surface area contributed by atoms with Crippen LogP contribution in [0.4, 0.5) is 0 Å². The number of amides is 1. The number of rotatable bonds is 6. The third kappa shape index (κ3) is 3.74. The molecule has 100 valence electrons. The van der Waals surface area contributed by atoms with Crippen LogP contribution in [0.15, 0.2) is 24.3 Å². The SMILES string of the molecule is COc1ccccc1CC(C)(C)C(=O)NCCN. The largest absolute Gasteiger partial charge is 0.496 e. The summed E-state index contributed by atoms with van der Waals surface area (Å²) in [4.78, 5) is 12.0. The molecule has 0 unspecified atom stereocenters. The van der Waals surface area contributed by atoms with Gasteiger partial charge in [-0.05, 0) is 18.1 Å². The average Bonchev–Trinajstić information content (AvgIpc) is 2.36. The van der Waals surface area contributed by atoms with Crippen LogP contribution in [0.2, 0.25) is 0 Å². The van der Waals surface area contributed by atoms with Crippen LogP contribution in [-0.2, 0) is 11.2 Å². The molecule has 0 aliphatic carbocycles. The number of benzene rings is 1. The van der Waals surface area contributed by atoms with Crippen LogP contribution in [0, 0.1) is 5.41 Å². The first kappa shape index (κ1) is 14.5. The Kier molecular flexibility index (Phi) is 5.16. The fourth-order valence-corrected chi connectivity index (χ4v) is 1.83. The summed E-state index contributed by atoms with van der Waals surface area (Å²) in [5, 5.41) is 2.83. The number of carbonyl (C=O) groups is 1. The molecule has 1 aromatic rings. The van der Waals surface area contributed by atoms with Crippen molar-refractivity contribution in [1.29, 1.82) is 0 Å². The van der Waals surface area contributed by atoms with E-state index in [1.807, 2.05) is 38.1 Å². The summed E-state index contributed by atoms with van der Waals surface area (Å²) in [5.41, 5.74) is 5.94. The number of para-hydroxylation sites is 1.